The molecule has 0 spiro atoms. The van der Waals surface area contributed by atoms with Gasteiger partial charge in [0.2, 0.25) is 5.91 Å². The highest BCUT2D eigenvalue weighted by Crippen LogP contribution is 2.29. The second-order valence-electron chi connectivity index (χ2n) is 5.80. The van der Waals surface area contributed by atoms with Crippen molar-refractivity contribution in [1.29, 1.82) is 0 Å². The molecule has 0 saturated carbocycles. The van der Waals surface area contributed by atoms with Gasteiger partial charge in [-0.15, -0.1) is 0 Å². The van der Waals surface area contributed by atoms with E-state index in [4.69, 9.17) is 4.74 Å². The average molecular weight is 292 g/mol. The van der Waals surface area contributed by atoms with Crippen LogP contribution in [-0.2, 0) is 9.53 Å². The summed E-state index contributed by atoms with van der Waals surface area (Å²) in [5.41, 5.74) is 0.930. The average Bonchev–Trinajstić information content (AvgIpc) is 3.10. The molecule has 2 fully saturated rings. The number of carbonyl (C=O) groups is 1. The van der Waals surface area contributed by atoms with E-state index in [1.54, 1.807) is 12.1 Å². The molecule has 3 atom stereocenters. The quantitative estimate of drug-likeness (QED) is 0.923. The number of hydrogen-bond donors (Lipinski definition) is 1. The third-order valence-electron chi connectivity index (χ3n) is 4.32. The van der Waals surface area contributed by atoms with Crippen LogP contribution in [-0.4, -0.2) is 36.6 Å². The highest BCUT2D eigenvalue weighted by molar-refractivity contribution is 5.84. The van der Waals surface area contributed by atoms with Gasteiger partial charge in [0, 0.05) is 19.1 Å². The Balaban J connectivity index is 1.81. The maximum Gasteiger partial charge on any atom is 0.241 e. The van der Waals surface area contributed by atoms with Crippen LogP contribution in [0.5, 0.6) is 0 Å². The Morgan fingerprint density at radius 1 is 1.38 bits per heavy atom. The molecule has 0 aliphatic carbocycles. The summed E-state index contributed by atoms with van der Waals surface area (Å²) in [5, 5.41) is 3.36. The topological polar surface area (TPSA) is 41.6 Å². The van der Waals surface area contributed by atoms with Crippen molar-refractivity contribution in [3.63, 3.8) is 0 Å². The minimum atomic E-state index is -0.258. The summed E-state index contributed by atoms with van der Waals surface area (Å²) in [6.07, 6.45) is 1.59. The molecular weight excluding hydrogens is 271 g/mol. The largest absolute Gasteiger partial charge is 0.381 e. The van der Waals surface area contributed by atoms with Crippen LogP contribution in [0.15, 0.2) is 24.3 Å². The first-order chi connectivity index (χ1) is 10.2. The second kappa shape index (κ2) is 6.12. The fourth-order valence-electron chi connectivity index (χ4n) is 3.09. The van der Waals surface area contributed by atoms with E-state index in [-0.39, 0.29) is 23.9 Å². The number of benzene rings is 1. The molecule has 0 radical (unpaired) electrons. The van der Waals surface area contributed by atoms with Crippen molar-refractivity contribution in [3.05, 3.63) is 35.6 Å². The van der Waals surface area contributed by atoms with Gasteiger partial charge in [-0.25, -0.2) is 4.39 Å². The van der Waals surface area contributed by atoms with E-state index in [1.165, 1.54) is 12.1 Å². The second-order valence-corrected chi connectivity index (χ2v) is 5.80. The van der Waals surface area contributed by atoms with Crippen LogP contribution in [0.1, 0.15) is 31.5 Å². The molecule has 3 rings (SSSR count). The number of rotatable bonds is 4. The third-order valence-corrected chi connectivity index (χ3v) is 4.32. The van der Waals surface area contributed by atoms with Gasteiger partial charge in [-0.1, -0.05) is 19.1 Å². The van der Waals surface area contributed by atoms with Gasteiger partial charge in [0.25, 0.3) is 0 Å². The van der Waals surface area contributed by atoms with Crippen molar-refractivity contribution >= 4 is 5.91 Å². The van der Waals surface area contributed by atoms with Crippen LogP contribution in [0.2, 0.25) is 0 Å². The molecular formula is C16H21FN2O2. The van der Waals surface area contributed by atoms with Gasteiger partial charge in [-0.3, -0.25) is 10.1 Å². The first-order valence-electron chi connectivity index (χ1n) is 7.58. The highest BCUT2D eigenvalue weighted by Gasteiger charge is 2.39. The first-order valence-corrected chi connectivity index (χ1v) is 7.58. The molecule has 1 N–H and O–H groups in total. The predicted octanol–water partition coefficient (Wildman–Crippen LogP) is 2.07. The van der Waals surface area contributed by atoms with Gasteiger partial charge in [0.1, 0.15) is 12.0 Å². The van der Waals surface area contributed by atoms with Crippen molar-refractivity contribution in [2.24, 2.45) is 5.92 Å². The lowest BCUT2D eigenvalue weighted by Crippen LogP contribution is -2.35. The van der Waals surface area contributed by atoms with Gasteiger partial charge < -0.3 is 9.64 Å². The maximum absolute atomic E-state index is 13.1. The molecule has 1 aromatic carbocycles. The van der Waals surface area contributed by atoms with E-state index >= 15 is 0 Å². The number of hydrogen-bond acceptors (Lipinski definition) is 3. The van der Waals surface area contributed by atoms with Crippen molar-refractivity contribution in [3.8, 4) is 0 Å². The van der Waals surface area contributed by atoms with Crippen LogP contribution in [0.25, 0.3) is 0 Å². The highest BCUT2D eigenvalue weighted by atomic mass is 19.1. The number of nitrogens with one attached hydrogen (secondary N) is 1. The smallest absolute Gasteiger partial charge is 0.241 e. The summed E-state index contributed by atoms with van der Waals surface area (Å²) < 4.78 is 18.5. The van der Waals surface area contributed by atoms with E-state index in [1.807, 2.05) is 11.8 Å². The molecule has 3 unspecified atom stereocenters. The van der Waals surface area contributed by atoms with E-state index in [0.717, 1.165) is 31.6 Å². The molecule has 2 aliphatic heterocycles. The maximum atomic E-state index is 13.1. The van der Waals surface area contributed by atoms with E-state index < -0.39 is 0 Å². The minimum Gasteiger partial charge on any atom is -0.381 e. The molecule has 1 aromatic rings. The van der Waals surface area contributed by atoms with Crippen molar-refractivity contribution < 1.29 is 13.9 Å². The van der Waals surface area contributed by atoms with Crippen LogP contribution in [0, 0.1) is 11.7 Å². The zero-order valence-corrected chi connectivity index (χ0v) is 12.2. The SMILES string of the molecule is CCC1NC(c2ccc(F)cc2)N(CC2CCOC2)C1=O. The van der Waals surface area contributed by atoms with Gasteiger partial charge >= 0.3 is 0 Å². The summed E-state index contributed by atoms with van der Waals surface area (Å²) in [6.45, 7) is 4.19. The number of halogens is 1. The lowest BCUT2D eigenvalue weighted by Gasteiger charge is -2.26. The normalized spacial score (nSPS) is 29.3. The molecule has 4 nitrogen and oxygen atoms in total. The molecule has 0 aromatic heterocycles. The van der Waals surface area contributed by atoms with Gasteiger partial charge in [-0.05, 0) is 30.5 Å². The first kappa shape index (κ1) is 14.5. The van der Waals surface area contributed by atoms with E-state index in [9.17, 15) is 9.18 Å². The summed E-state index contributed by atoms with van der Waals surface area (Å²) in [4.78, 5) is 14.4. The number of carbonyl (C=O) groups excluding carboxylic acids is 1. The molecule has 2 saturated heterocycles. The predicted molar refractivity (Wildman–Crippen MR) is 77.0 cm³/mol. The summed E-state index contributed by atoms with van der Waals surface area (Å²) in [7, 11) is 0. The Morgan fingerprint density at radius 2 is 2.14 bits per heavy atom. The fraction of sp³-hybridized carbons (Fsp3) is 0.562. The molecule has 21 heavy (non-hydrogen) atoms. The Labute approximate surface area is 124 Å². The summed E-state index contributed by atoms with van der Waals surface area (Å²) in [6, 6.07) is 6.23. The molecule has 2 heterocycles. The van der Waals surface area contributed by atoms with E-state index in [0.29, 0.717) is 12.5 Å². The molecule has 2 aliphatic rings. The zero-order valence-electron chi connectivity index (χ0n) is 12.2. The van der Waals surface area contributed by atoms with Crippen molar-refractivity contribution in [2.75, 3.05) is 19.8 Å². The number of nitrogens with zero attached hydrogens (tertiary/aromatic N) is 1. The Kier molecular flexibility index (Phi) is 4.22. The monoisotopic (exact) mass is 292 g/mol. The number of ether oxygens (including phenoxy) is 1. The zero-order chi connectivity index (χ0) is 14.8. The van der Waals surface area contributed by atoms with Crippen molar-refractivity contribution in [2.45, 2.75) is 32.0 Å². The van der Waals surface area contributed by atoms with Crippen LogP contribution in [0.4, 0.5) is 4.39 Å². The van der Waals surface area contributed by atoms with Gasteiger partial charge in [0.15, 0.2) is 0 Å². The number of amides is 1. The molecule has 1 amide bonds. The molecule has 0 bridgehead atoms. The summed E-state index contributed by atoms with van der Waals surface area (Å²) in [5.74, 6) is 0.277. The van der Waals surface area contributed by atoms with Gasteiger partial charge in [0.05, 0.1) is 12.6 Å². The third kappa shape index (κ3) is 2.94. The summed E-state index contributed by atoms with van der Waals surface area (Å²) >= 11 is 0. The molecule has 5 heteroatoms. The minimum absolute atomic E-state index is 0.138. The van der Waals surface area contributed by atoms with Crippen molar-refractivity contribution in [1.82, 2.24) is 10.2 Å². The standard InChI is InChI=1S/C16H21FN2O2/c1-2-14-16(20)19(9-11-7-8-21-10-11)15(18-14)12-3-5-13(17)6-4-12/h3-6,11,14-15,18H,2,7-10H2,1H3. The molecule has 114 valence electrons. The van der Waals surface area contributed by atoms with Gasteiger partial charge in [-0.2, -0.15) is 0 Å². The van der Waals surface area contributed by atoms with E-state index in [2.05, 4.69) is 5.32 Å². The lowest BCUT2D eigenvalue weighted by molar-refractivity contribution is -0.130. The Morgan fingerprint density at radius 3 is 2.76 bits per heavy atom. The Hall–Kier alpha value is -1.46. The lowest BCUT2D eigenvalue weighted by atomic mass is 10.1. The van der Waals surface area contributed by atoms with Crippen LogP contribution >= 0.6 is 0 Å². The van der Waals surface area contributed by atoms with Crippen LogP contribution in [0.3, 0.4) is 0 Å². The van der Waals surface area contributed by atoms with Crippen LogP contribution < -0.4 is 5.32 Å². The Bertz CT molecular complexity index is 500. The fourth-order valence-corrected chi connectivity index (χ4v) is 3.09.